The Morgan fingerprint density at radius 2 is 1.63 bits per heavy atom. The van der Waals surface area contributed by atoms with E-state index in [4.69, 9.17) is 0 Å². The molecule has 0 aromatic carbocycles. The van der Waals surface area contributed by atoms with E-state index in [0.717, 1.165) is 49.8 Å². The van der Waals surface area contributed by atoms with Crippen LogP contribution in [0.1, 0.15) is 98.3 Å². The first-order chi connectivity index (χ1) is 24.5. The third-order valence-corrected chi connectivity index (χ3v) is 11.6. The smallest absolute Gasteiger partial charge is 0.253 e. The second-order valence-corrected chi connectivity index (χ2v) is 16.4. The summed E-state index contributed by atoms with van der Waals surface area (Å²) in [6.07, 6.45) is 11.7. The van der Waals surface area contributed by atoms with E-state index in [9.17, 15) is 28.8 Å². The lowest BCUT2D eigenvalue weighted by Gasteiger charge is -2.38. The van der Waals surface area contributed by atoms with Crippen LogP contribution in [-0.4, -0.2) is 76.7 Å². The van der Waals surface area contributed by atoms with Gasteiger partial charge in [-0.05, 0) is 73.3 Å². The number of allylic oxidation sites excluding steroid dienone is 1. The fourth-order valence-corrected chi connectivity index (χ4v) is 8.37. The number of carbonyl (C=O) groups is 6. The van der Waals surface area contributed by atoms with E-state index in [-0.39, 0.29) is 36.0 Å². The van der Waals surface area contributed by atoms with Crippen LogP contribution in [0.2, 0.25) is 0 Å². The van der Waals surface area contributed by atoms with Crippen molar-refractivity contribution in [2.45, 2.75) is 129 Å². The molecule has 1 saturated heterocycles. The first-order valence-electron chi connectivity index (χ1n) is 19.0. The van der Waals surface area contributed by atoms with Crippen LogP contribution in [0.25, 0.3) is 0 Å². The van der Waals surface area contributed by atoms with Crippen molar-refractivity contribution in [3.8, 4) is 0 Å². The van der Waals surface area contributed by atoms with E-state index >= 15 is 8.78 Å². The number of Topliss-reactive ketones (excluding diaryl/α,β-unsaturated/α-hetero) is 2. The van der Waals surface area contributed by atoms with Gasteiger partial charge in [-0.3, -0.25) is 28.8 Å². The van der Waals surface area contributed by atoms with Crippen LogP contribution >= 0.6 is 0 Å². The molecule has 6 atom stereocenters. The number of ketones is 3. The van der Waals surface area contributed by atoms with E-state index in [1.54, 1.807) is 46.2 Å². The Labute approximate surface area is 305 Å². The van der Waals surface area contributed by atoms with Crippen molar-refractivity contribution in [2.24, 2.45) is 35.0 Å². The number of nitrogens with one attached hydrogen (secondary N) is 4. The molecule has 286 valence electrons. The van der Waals surface area contributed by atoms with Gasteiger partial charge in [0.2, 0.25) is 29.3 Å². The molecule has 2 aliphatic heterocycles. The molecule has 0 radical (unpaired) electrons. The lowest BCUT2D eigenvalue weighted by Crippen LogP contribution is -2.60. The number of alkyl halides is 2. The Balaban J connectivity index is 1.39. The molecule has 0 aromatic rings. The van der Waals surface area contributed by atoms with Crippen LogP contribution in [0.4, 0.5) is 8.78 Å². The standard InChI is InChI=1S/C39H55F2N5O6/c1-6-10-28(32(49)31(48)22(2)23-13-14-23)44-36(51)30-26-17-18-39(40,41)27(26)21-46(30)37(52)33(38(3,4)5)45-35(50)25(24-11-8-7-9-12-24)15-16-29(47)34-42-19-20-43-34/h15-16,19-20,23-28,30,33-34,42-43H,2,6-14,17-18,21H2,1,3-5H3,(H,44,51)(H,45,50)/b16-15+/t25-,26-,27?,28-,30-,33+/m0/s1. The molecular formula is C39H55F2N5O6. The van der Waals surface area contributed by atoms with Gasteiger partial charge in [-0.2, -0.15) is 0 Å². The maximum atomic E-state index is 15.3. The first-order valence-corrected chi connectivity index (χ1v) is 19.0. The molecule has 4 N–H and O–H groups in total. The molecule has 52 heavy (non-hydrogen) atoms. The number of rotatable bonds is 15. The average Bonchev–Trinajstić information content (AvgIpc) is 3.51. The summed E-state index contributed by atoms with van der Waals surface area (Å²) in [4.78, 5) is 83.2. The fourth-order valence-electron chi connectivity index (χ4n) is 8.37. The summed E-state index contributed by atoms with van der Waals surface area (Å²) in [6, 6.07) is -3.71. The molecule has 0 bridgehead atoms. The summed E-state index contributed by atoms with van der Waals surface area (Å²) in [5.41, 5.74) is -0.684. The van der Waals surface area contributed by atoms with Gasteiger partial charge in [0.25, 0.3) is 5.92 Å². The van der Waals surface area contributed by atoms with Gasteiger partial charge in [-0.15, -0.1) is 0 Å². The Bertz CT molecular complexity index is 1490. The predicted octanol–water partition coefficient (Wildman–Crippen LogP) is 4.09. The summed E-state index contributed by atoms with van der Waals surface area (Å²) in [7, 11) is 0. The second kappa shape index (κ2) is 16.0. The van der Waals surface area contributed by atoms with Crippen molar-refractivity contribution in [2.75, 3.05) is 6.54 Å². The van der Waals surface area contributed by atoms with E-state index < -0.39 is 95.6 Å². The summed E-state index contributed by atoms with van der Waals surface area (Å²) in [5.74, 6) is -9.79. The highest BCUT2D eigenvalue weighted by Gasteiger charge is 2.61. The largest absolute Gasteiger partial charge is 0.364 e. The molecule has 1 unspecified atom stereocenters. The van der Waals surface area contributed by atoms with Gasteiger partial charge in [0.15, 0.2) is 11.9 Å². The predicted molar refractivity (Wildman–Crippen MR) is 190 cm³/mol. The third kappa shape index (κ3) is 8.65. The van der Waals surface area contributed by atoms with Crippen molar-refractivity contribution < 1.29 is 37.5 Å². The van der Waals surface area contributed by atoms with Crippen LogP contribution in [0.15, 0.2) is 36.7 Å². The van der Waals surface area contributed by atoms with Gasteiger partial charge >= 0.3 is 0 Å². The zero-order valence-electron chi connectivity index (χ0n) is 30.9. The van der Waals surface area contributed by atoms with Gasteiger partial charge in [0, 0.05) is 31.3 Å². The Hall–Kier alpha value is -3.90. The summed E-state index contributed by atoms with van der Waals surface area (Å²) < 4.78 is 30.6. The number of amides is 3. The Morgan fingerprint density at radius 1 is 0.981 bits per heavy atom. The van der Waals surface area contributed by atoms with E-state index in [2.05, 4.69) is 27.8 Å². The number of hydrogen-bond acceptors (Lipinski definition) is 8. The minimum Gasteiger partial charge on any atom is -0.364 e. The zero-order valence-corrected chi connectivity index (χ0v) is 30.9. The number of nitrogens with zero attached hydrogens (tertiary/aromatic N) is 1. The highest BCUT2D eigenvalue weighted by Crippen LogP contribution is 2.51. The van der Waals surface area contributed by atoms with Gasteiger partial charge < -0.3 is 26.2 Å². The summed E-state index contributed by atoms with van der Waals surface area (Å²) in [5, 5.41) is 11.4. The van der Waals surface area contributed by atoms with Crippen LogP contribution in [0.3, 0.4) is 0 Å². The Kier molecular flexibility index (Phi) is 12.1. The molecule has 3 saturated carbocycles. The average molecular weight is 728 g/mol. The van der Waals surface area contributed by atoms with Crippen molar-refractivity contribution in [3.05, 3.63) is 36.7 Å². The van der Waals surface area contributed by atoms with Crippen LogP contribution in [-0.2, 0) is 28.8 Å². The summed E-state index contributed by atoms with van der Waals surface area (Å²) in [6.45, 7) is 10.5. The van der Waals surface area contributed by atoms with Crippen LogP contribution in [0.5, 0.6) is 0 Å². The topological polar surface area (TPSA) is 154 Å². The van der Waals surface area contributed by atoms with Gasteiger partial charge in [0.05, 0.1) is 12.0 Å². The highest BCUT2D eigenvalue weighted by atomic mass is 19.3. The molecule has 5 rings (SSSR count). The molecule has 0 spiro atoms. The molecule has 5 aliphatic rings. The third-order valence-electron chi connectivity index (χ3n) is 11.6. The van der Waals surface area contributed by atoms with E-state index in [1.165, 1.54) is 6.08 Å². The van der Waals surface area contributed by atoms with Gasteiger partial charge in [0.1, 0.15) is 12.1 Å². The normalized spacial score (nSPS) is 26.2. The zero-order chi connectivity index (χ0) is 38.0. The number of halogens is 2. The molecule has 3 amide bonds. The number of hydrogen-bond donors (Lipinski definition) is 4. The van der Waals surface area contributed by atoms with Crippen molar-refractivity contribution >= 4 is 35.1 Å². The quantitative estimate of drug-likeness (QED) is 0.145. The van der Waals surface area contributed by atoms with Crippen LogP contribution in [0, 0.1) is 35.0 Å². The second-order valence-electron chi connectivity index (χ2n) is 16.4. The van der Waals surface area contributed by atoms with Crippen LogP contribution < -0.4 is 21.3 Å². The number of likely N-dealkylation sites (tertiary alicyclic amines) is 1. The lowest BCUT2D eigenvalue weighted by molar-refractivity contribution is -0.146. The molecule has 2 heterocycles. The van der Waals surface area contributed by atoms with Gasteiger partial charge in [-0.1, -0.05) is 66.0 Å². The van der Waals surface area contributed by atoms with E-state index in [0.29, 0.717) is 6.42 Å². The van der Waals surface area contributed by atoms with Crippen molar-refractivity contribution in [1.29, 1.82) is 0 Å². The van der Waals surface area contributed by atoms with Crippen molar-refractivity contribution in [1.82, 2.24) is 26.2 Å². The minimum atomic E-state index is -3.11. The summed E-state index contributed by atoms with van der Waals surface area (Å²) >= 11 is 0. The molecule has 0 aromatic heterocycles. The van der Waals surface area contributed by atoms with Gasteiger partial charge in [-0.25, -0.2) is 8.78 Å². The lowest BCUT2D eigenvalue weighted by atomic mass is 9.78. The maximum Gasteiger partial charge on any atom is 0.253 e. The molecule has 4 fully saturated rings. The molecule has 13 heteroatoms. The SMILES string of the molecule is C=C(C(=O)C(=O)[C@H](CCC)NC(=O)[C@@H]1[C@H]2CCC(F)(F)C2CN1C(=O)[C@@H](NC(=O)[C@@H](/C=C/C(=O)C1NC=CN1)C1CCCCC1)C(C)(C)C)C1CC1. The monoisotopic (exact) mass is 727 g/mol. The number of fused-ring (bicyclic) bond motifs is 1. The fraction of sp³-hybridized carbons (Fsp3) is 0.692. The highest BCUT2D eigenvalue weighted by molar-refractivity contribution is 6.45. The molecule has 3 aliphatic carbocycles. The van der Waals surface area contributed by atoms with Crippen molar-refractivity contribution in [3.63, 3.8) is 0 Å². The van der Waals surface area contributed by atoms with E-state index in [1.807, 2.05) is 0 Å². The minimum absolute atomic E-state index is 0.00130. The Morgan fingerprint density at radius 3 is 2.23 bits per heavy atom. The molecule has 11 nitrogen and oxygen atoms in total. The number of carbonyl (C=O) groups excluding carboxylic acids is 6. The first kappa shape index (κ1) is 39.3. The molecular weight excluding hydrogens is 672 g/mol. The maximum absolute atomic E-state index is 15.3.